The Morgan fingerprint density at radius 2 is 1.15 bits per heavy atom. The normalized spacial score (nSPS) is 12.4. The van der Waals surface area contributed by atoms with Gasteiger partial charge in [-0.2, -0.15) is 32.2 Å². The van der Waals surface area contributed by atoms with Crippen LogP contribution in [0, 0.1) is 0 Å². The Balaban J connectivity index is 1.17. The highest BCUT2D eigenvalue weighted by molar-refractivity contribution is 7.94. The first-order chi connectivity index (χ1) is 28.6. The van der Waals surface area contributed by atoms with Crippen LogP contribution in [0.5, 0.6) is 17.4 Å². The van der Waals surface area contributed by atoms with Gasteiger partial charge in [0, 0.05) is 5.39 Å². The van der Waals surface area contributed by atoms with E-state index < -0.39 is 47.3 Å². The predicted octanol–water partition coefficient (Wildman–Crippen LogP) is 9.92. The SMILES string of the molecule is Nc1c(N=Nc2ccc(-c3ccc(N=Nc4c(O)nc5ccccc5c4O)cc3)cc2)c(SOOO)cc2cc(S(=O)(=O)O)c(N=Nc3ccc(S(=O)(=O)O)cc3)c(O)c12. The van der Waals surface area contributed by atoms with Crippen molar-refractivity contribution in [3.63, 3.8) is 0 Å². The third kappa shape index (κ3) is 8.72. The summed E-state index contributed by atoms with van der Waals surface area (Å²) in [6.45, 7) is 0. The number of benzene rings is 6. The minimum Gasteiger partial charge on any atom is -0.505 e. The van der Waals surface area contributed by atoms with E-state index in [9.17, 15) is 41.3 Å². The second-order valence-corrected chi connectivity index (χ2v) is 15.9. The van der Waals surface area contributed by atoms with Crippen molar-refractivity contribution < 1.29 is 55.9 Å². The molecule has 0 aliphatic carbocycles. The highest BCUT2D eigenvalue weighted by Gasteiger charge is 2.26. The van der Waals surface area contributed by atoms with Crippen molar-refractivity contribution in [2.24, 2.45) is 30.7 Å². The molecule has 23 heteroatoms. The molecule has 0 spiro atoms. The van der Waals surface area contributed by atoms with E-state index in [2.05, 4.69) is 45.0 Å². The number of pyridine rings is 1. The molecule has 0 aliphatic heterocycles. The van der Waals surface area contributed by atoms with E-state index in [1.807, 2.05) is 0 Å². The van der Waals surface area contributed by atoms with Crippen LogP contribution in [0.25, 0.3) is 32.8 Å². The van der Waals surface area contributed by atoms with Crippen molar-refractivity contribution in [2.75, 3.05) is 5.73 Å². The number of fused-ring (bicyclic) bond motifs is 2. The number of nitrogens with zero attached hydrogens (tertiary/aromatic N) is 7. The van der Waals surface area contributed by atoms with Gasteiger partial charge in [0.15, 0.2) is 17.2 Å². The Bertz CT molecular complexity index is 3120. The van der Waals surface area contributed by atoms with Crippen molar-refractivity contribution in [3.8, 4) is 28.5 Å². The number of hydrogen-bond donors (Lipinski definition) is 7. The summed E-state index contributed by atoms with van der Waals surface area (Å²) in [6.07, 6.45) is 0. The predicted molar refractivity (Wildman–Crippen MR) is 216 cm³/mol. The van der Waals surface area contributed by atoms with Crippen molar-refractivity contribution in [1.82, 2.24) is 4.98 Å². The lowest BCUT2D eigenvalue weighted by Crippen LogP contribution is -2.00. The molecule has 0 saturated carbocycles. The Morgan fingerprint density at radius 3 is 1.70 bits per heavy atom. The molecule has 304 valence electrons. The molecule has 0 radical (unpaired) electrons. The summed E-state index contributed by atoms with van der Waals surface area (Å²) in [7, 11) is -9.58. The number of aromatic hydroxyl groups is 3. The summed E-state index contributed by atoms with van der Waals surface area (Å²) in [6, 6.07) is 26.9. The monoisotopic (exact) mass is 870 g/mol. The first kappa shape index (κ1) is 41.2. The van der Waals surface area contributed by atoms with Gasteiger partial charge >= 0.3 is 0 Å². The molecule has 0 amide bonds. The maximum atomic E-state index is 12.4. The van der Waals surface area contributed by atoms with Gasteiger partial charge in [0.1, 0.15) is 16.3 Å². The highest BCUT2D eigenvalue weighted by atomic mass is 32.2. The van der Waals surface area contributed by atoms with Crippen molar-refractivity contribution in [2.45, 2.75) is 14.7 Å². The minimum absolute atomic E-state index is 0.0166. The number of phenols is 1. The molecule has 6 aromatic carbocycles. The van der Waals surface area contributed by atoms with E-state index in [0.29, 0.717) is 34.3 Å². The van der Waals surface area contributed by atoms with Gasteiger partial charge in [-0.1, -0.05) is 41.4 Å². The third-order valence-corrected chi connectivity index (χ3v) is 10.9. The molecular formula is C37H26N8O12S3. The van der Waals surface area contributed by atoms with Crippen LogP contribution in [-0.2, 0) is 29.6 Å². The Labute approximate surface area is 342 Å². The van der Waals surface area contributed by atoms with Crippen molar-refractivity contribution >= 4 is 93.8 Å². The lowest BCUT2D eigenvalue weighted by molar-refractivity contribution is -0.432. The third-order valence-electron chi connectivity index (χ3n) is 8.57. The van der Waals surface area contributed by atoms with Crippen LogP contribution >= 0.6 is 12.0 Å². The molecule has 20 nitrogen and oxygen atoms in total. The minimum atomic E-state index is -5.06. The summed E-state index contributed by atoms with van der Waals surface area (Å²) in [4.78, 5) is 2.74. The molecule has 1 heterocycles. The van der Waals surface area contributed by atoms with E-state index in [1.165, 1.54) is 6.07 Å². The fourth-order valence-electron chi connectivity index (χ4n) is 5.74. The first-order valence-corrected chi connectivity index (χ1v) is 20.3. The number of azo groups is 3. The van der Waals surface area contributed by atoms with E-state index in [1.54, 1.807) is 72.8 Å². The lowest BCUT2D eigenvalue weighted by atomic mass is 10.0. The van der Waals surface area contributed by atoms with Gasteiger partial charge in [-0.15, -0.1) is 19.7 Å². The van der Waals surface area contributed by atoms with Crippen LogP contribution in [0.2, 0.25) is 0 Å². The van der Waals surface area contributed by atoms with Gasteiger partial charge in [0.2, 0.25) is 5.88 Å². The van der Waals surface area contributed by atoms with E-state index in [-0.39, 0.29) is 44.2 Å². The summed E-state index contributed by atoms with van der Waals surface area (Å²) in [5.74, 6) is -1.57. The molecule has 0 atom stereocenters. The average Bonchev–Trinajstić information content (AvgIpc) is 3.22. The zero-order valence-electron chi connectivity index (χ0n) is 30.0. The molecule has 7 rings (SSSR count). The van der Waals surface area contributed by atoms with Gasteiger partial charge in [-0.05, 0) is 89.3 Å². The number of phenolic OH excluding ortho intramolecular Hbond substituents is 1. The molecule has 0 fully saturated rings. The number of aromatic nitrogens is 1. The van der Waals surface area contributed by atoms with Crippen LogP contribution in [0.1, 0.15) is 0 Å². The molecule has 1 aromatic heterocycles. The van der Waals surface area contributed by atoms with Crippen LogP contribution in [0.15, 0.2) is 155 Å². The van der Waals surface area contributed by atoms with Gasteiger partial charge in [0.05, 0.1) is 55.5 Å². The summed E-state index contributed by atoms with van der Waals surface area (Å²) in [5.41, 5.74) is 7.85. The Kier molecular flexibility index (Phi) is 11.5. The van der Waals surface area contributed by atoms with E-state index >= 15 is 0 Å². The van der Waals surface area contributed by atoms with Crippen molar-refractivity contribution in [1.29, 1.82) is 0 Å². The number of para-hydroxylation sites is 1. The Hall–Kier alpha value is -6.96. The molecule has 8 N–H and O–H groups in total. The van der Waals surface area contributed by atoms with Crippen molar-refractivity contribution in [3.05, 3.63) is 109 Å². The van der Waals surface area contributed by atoms with Crippen LogP contribution in [0.3, 0.4) is 0 Å². The summed E-state index contributed by atoms with van der Waals surface area (Å²) < 4.78 is 71.4. The maximum Gasteiger partial charge on any atom is 0.296 e. The number of hydrogen-bond acceptors (Lipinski definition) is 19. The standard InChI is InChI=1S/C37H26N8O12S3/c38-31-30-21(18-29(60(53,54)55)33(36(30)47)44-41-24-13-15-25(16-14-24)59(50,51)52)17-28(58-57-56-49)32(31)43-40-22-9-5-19(6-10-22)20-7-11-23(12-8-20)42-45-34-35(46)26-3-1-2-4-27(26)39-37(34)48/h1-18,47,49H,38H2,(H2,39,46,48)(H,50,51,52)(H,53,54,55). The molecular weight excluding hydrogens is 845 g/mol. The molecule has 0 saturated heterocycles. The lowest BCUT2D eigenvalue weighted by Gasteiger charge is -2.14. The number of nitrogen functional groups attached to an aromatic ring is 1. The van der Waals surface area contributed by atoms with E-state index in [0.717, 1.165) is 41.5 Å². The molecule has 7 aromatic rings. The summed E-state index contributed by atoms with van der Waals surface area (Å²) >= 11 is 0.405. The smallest absolute Gasteiger partial charge is 0.296 e. The van der Waals surface area contributed by atoms with Crippen LogP contribution < -0.4 is 5.73 Å². The second-order valence-electron chi connectivity index (χ2n) is 12.3. The van der Waals surface area contributed by atoms with Gasteiger partial charge < -0.3 is 21.1 Å². The first-order valence-electron chi connectivity index (χ1n) is 16.7. The summed E-state index contributed by atoms with van der Waals surface area (Å²) in [5, 5.41) is 69.2. The molecule has 60 heavy (non-hydrogen) atoms. The van der Waals surface area contributed by atoms with Gasteiger partial charge in [0.25, 0.3) is 20.2 Å². The topological polar surface area (TPSA) is 321 Å². The molecule has 0 aliphatic rings. The van der Waals surface area contributed by atoms with Gasteiger partial charge in [-0.3, -0.25) is 9.11 Å². The zero-order valence-corrected chi connectivity index (χ0v) is 32.4. The molecule has 0 unspecified atom stereocenters. The largest absolute Gasteiger partial charge is 0.505 e. The van der Waals surface area contributed by atoms with Crippen LogP contribution in [-0.4, -0.2) is 51.5 Å². The maximum absolute atomic E-state index is 12.4. The zero-order chi connectivity index (χ0) is 42.8. The fraction of sp³-hybridized carbons (Fsp3) is 0. The van der Waals surface area contributed by atoms with E-state index in [4.69, 9.17) is 11.0 Å². The number of anilines is 1. The second kappa shape index (κ2) is 16.7. The molecule has 0 bridgehead atoms. The highest BCUT2D eigenvalue weighted by Crippen LogP contribution is 2.49. The van der Waals surface area contributed by atoms with Crippen LogP contribution in [0.4, 0.5) is 39.8 Å². The fourth-order valence-corrected chi connectivity index (χ4v) is 7.38. The quantitative estimate of drug-likeness (QED) is 0.0150. The average molecular weight is 871 g/mol. The Morgan fingerprint density at radius 1 is 0.617 bits per heavy atom. The van der Waals surface area contributed by atoms with Gasteiger partial charge in [-0.25, -0.2) is 10.2 Å². The number of nitrogens with two attached hydrogens (primary N) is 1. The number of rotatable bonds is 12.